The van der Waals surface area contributed by atoms with E-state index in [1.165, 1.54) is 12.3 Å². The molecule has 2 heterocycles. The number of furan rings is 1. The maximum atomic E-state index is 11.1. The van der Waals surface area contributed by atoms with Gasteiger partial charge >= 0.3 is 0 Å². The number of hydrogen-bond acceptors (Lipinski definition) is 5. The molecule has 0 aliphatic rings. The van der Waals surface area contributed by atoms with E-state index in [9.17, 15) is 8.42 Å². The monoisotopic (exact) mass is 255 g/mol. The molecule has 92 valence electrons. The second-order valence-corrected chi connectivity index (χ2v) is 5.93. The van der Waals surface area contributed by atoms with Crippen molar-refractivity contribution in [3.05, 3.63) is 24.0 Å². The summed E-state index contributed by atoms with van der Waals surface area (Å²) in [4.78, 5) is 4.15. The van der Waals surface area contributed by atoms with Crippen LogP contribution in [0.5, 0.6) is 0 Å². The molecule has 2 rings (SSSR count). The number of nitrogens with two attached hydrogens (primary N) is 2. The molecule has 0 bridgehead atoms. The molecule has 4 N–H and O–H groups in total. The number of pyridine rings is 1. The Labute approximate surface area is 98.7 Å². The van der Waals surface area contributed by atoms with Crippen LogP contribution >= 0.6 is 0 Å². The number of rotatable bonds is 2. The zero-order valence-electron chi connectivity index (χ0n) is 9.47. The highest BCUT2D eigenvalue weighted by Crippen LogP contribution is 2.24. The Morgan fingerprint density at radius 3 is 2.53 bits per heavy atom. The lowest BCUT2D eigenvalue weighted by Crippen LogP contribution is -2.29. The molecule has 2 aromatic heterocycles. The van der Waals surface area contributed by atoms with E-state index in [2.05, 4.69) is 4.98 Å². The first-order valence-corrected chi connectivity index (χ1v) is 6.44. The average molecular weight is 255 g/mol. The summed E-state index contributed by atoms with van der Waals surface area (Å²) in [6.45, 7) is 3.59. The van der Waals surface area contributed by atoms with Crippen LogP contribution in [-0.4, -0.2) is 13.4 Å². The Morgan fingerprint density at radius 1 is 1.35 bits per heavy atom. The molecular formula is C10H13N3O3S. The highest BCUT2D eigenvalue weighted by Gasteiger charge is 2.19. The Kier molecular flexibility index (Phi) is 2.49. The summed E-state index contributed by atoms with van der Waals surface area (Å²) >= 11 is 0. The lowest BCUT2D eigenvalue weighted by molar-refractivity contribution is 0.479. The SMILES string of the molecule is CC(C)(N)c1cc2oc(S(N)(=O)=O)cc2cn1. The van der Waals surface area contributed by atoms with Gasteiger partial charge in [0.05, 0.1) is 11.2 Å². The van der Waals surface area contributed by atoms with Gasteiger partial charge in [0.2, 0.25) is 5.09 Å². The van der Waals surface area contributed by atoms with Crippen molar-refractivity contribution in [3.8, 4) is 0 Å². The second kappa shape index (κ2) is 3.52. The highest BCUT2D eigenvalue weighted by atomic mass is 32.2. The standard InChI is InChI=1S/C10H13N3O3S/c1-10(2,11)8-4-7-6(5-13-8)3-9(16-7)17(12,14)15/h3-5H,11H2,1-2H3,(H2,12,14,15). The van der Waals surface area contributed by atoms with Gasteiger partial charge in [0.1, 0.15) is 5.58 Å². The Morgan fingerprint density at radius 2 is 2.00 bits per heavy atom. The van der Waals surface area contributed by atoms with Gasteiger partial charge in [0.15, 0.2) is 0 Å². The summed E-state index contributed by atoms with van der Waals surface area (Å²) in [5.74, 6) is 0. The van der Waals surface area contributed by atoms with Gasteiger partial charge in [-0.15, -0.1) is 0 Å². The molecule has 17 heavy (non-hydrogen) atoms. The minimum absolute atomic E-state index is 0.277. The lowest BCUT2D eigenvalue weighted by atomic mass is 10.0. The van der Waals surface area contributed by atoms with Gasteiger partial charge < -0.3 is 10.2 Å². The normalized spacial score (nSPS) is 13.2. The van der Waals surface area contributed by atoms with Crippen molar-refractivity contribution in [1.82, 2.24) is 4.98 Å². The van der Waals surface area contributed by atoms with Crippen molar-refractivity contribution in [2.45, 2.75) is 24.5 Å². The van der Waals surface area contributed by atoms with Crippen molar-refractivity contribution in [1.29, 1.82) is 0 Å². The van der Waals surface area contributed by atoms with Gasteiger partial charge in [0, 0.05) is 23.7 Å². The van der Waals surface area contributed by atoms with Crippen LogP contribution in [0.15, 0.2) is 27.8 Å². The van der Waals surface area contributed by atoms with E-state index in [-0.39, 0.29) is 5.09 Å². The molecule has 6 nitrogen and oxygen atoms in total. The van der Waals surface area contributed by atoms with Gasteiger partial charge in [-0.1, -0.05) is 0 Å². The minimum Gasteiger partial charge on any atom is -0.443 e. The van der Waals surface area contributed by atoms with E-state index in [4.69, 9.17) is 15.3 Å². The molecule has 7 heteroatoms. The number of primary sulfonamides is 1. The van der Waals surface area contributed by atoms with Crippen molar-refractivity contribution in [2.24, 2.45) is 10.9 Å². The first-order valence-electron chi connectivity index (χ1n) is 4.90. The smallest absolute Gasteiger partial charge is 0.271 e. The summed E-state index contributed by atoms with van der Waals surface area (Å²) in [5.41, 5.74) is 6.28. The summed E-state index contributed by atoms with van der Waals surface area (Å²) < 4.78 is 27.4. The molecule has 0 atom stereocenters. The summed E-state index contributed by atoms with van der Waals surface area (Å²) in [5, 5.41) is 5.27. The third kappa shape index (κ3) is 2.31. The van der Waals surface area contributed by atoms with Crippen molar-refractivity contribution < 1.29 is 12.8 Å². The minimum atomic E-state index is -3.84. The summed E-state index contributed by atoms with van der Waals surface area (Å²) in [6, 6.07) is 2.95. The van der Waals surface area contributed by atoms with E-state index in [0.29, 0.717) is 16.7 Å². The Hall–Kier alpha value is -1.44. The van der Waals surface area contributed by atoms with E-state index < -0.39 is 15.6 Å². The van der Waals surface area contributed by atoms with Crippen molar-refractivity contribution in [2.75, 3.05) is 0 Å². The molecule has 0 aromatic carbocycles. The van der Waals surface area contributed by atoms with Gasteiger partial charge in [-0.2, -0.15) is 0 Å². The average Bonchev–Trinajstić information content (AvgIpc) is 2.57. The van der Waals surface area contributed by atoms with E-state index >= 15 is 0 Å². The predicted octanol–water partition coefficient (Wildman–Crippen LogP) is 0.669. The van der Waals surface area contributed by atoms with Gasteiger partial charge in [-0.3, -0.25) is 4.98 Å². The lowest BCUT2D eigenvalue weighted by Gasteiger charge is -2.16. The van der Waals surface area contributed by atoms with Crippen LogP contribution in [0, 0.1) is 0 Å². The molecule has 0 unspecified atom stereocenters. The van der Waals surface area contributed by atoms with E-state index in [1.54, 1.807) is 19.9 Å². The van der Waals surface area contributed by atoms with Crippen LogP contribution in [0.25, 0.3) is 11.0 Å². The molecule has 0 saturated heterocycles. The fraction of sp³-hybridized carbons (Fsp3) is 0.300. The number of aromatic nitrogens is 1. The summed E-state index contributed by atoms with van der Waals surface area (Å²) in [7, 11) is -3.84. The van der Waals surface area contributed by atoms with Crippen molar-refractivity contribution >= 4 is 21.0 Å². The fourth-order valence-corrected chi connectivity index (χ4v) is 1.90. The molecule has 0 saturated carbocycles. The molecule has 0 amide bonds. The summed E-state index contributed by atoms with van der Waals surface area (Å²) in [6.07, 6.45) is 1.51. The first-order chi connectivity index (χ1) is 7.68. The van der Waals surface area contributed by atoms with Crippen LogP contribution < -0.4 is 10.9 Å². The van der Waals surface area contributed by atoms with E-state index in [1.807, 2.05) is 0 Å². The topological polar surface area (TPSA) is 112 Å². The van der Waals surface area contributed by atoms with Gasteiger partial charge in [-0.05, 0) is 13.8 Å². The Bertz CT molecular complexity index is 668. The molecule has 0 radical (unpaired) electrons. The Balaban J connectivity index is 2.64. The maximum absolute atomic E-state index is 11.1. The fourth-order valence-electron chi connectivity index (χ4n) is 1.40. The van der Waals surface area contributed by atoms with Crippen LogP contribution in [0.2, 0.25) is 0 Å². The number of hydrogen-bond donors (Lipinski definition) is 2. The molecule has 0 fully saturated rings. The zero-order chi connectivity index (χ0) is 12.8. The van der Waals surface area contributed by atoms with Crippen LogP contribution in [0.4, 0.5) is 0 Å². The maximum Gasteiger partial charge on any atom is 0.271 e. The molecule has 2 aromatic rings. The number of nitrogens with zero attached hydrogens (tertiary/aromatic N) is 1. The van der Waals surface area contributed by atoms with Crippen molar-refractivity contribution in [3.63, 3.8) is 0 Å². The first kappa shape index (κ1) is 12.0. The van der Waals surface area contributed by atoms with Crippen LogP contribution in [0.3, 0.4) is 0 Å². The number of fused-ring (bicyclic) bond motifs is 1. The molecular weight excluding hydrogens is 242 g/mol. The van der Waals surface area contributed by atoms with Crippen LogP contribution in [0.1, 0.15) is 19.5 Å². The highest BCUT2D eigenvalue weighted by molar-refractivity contribution is 7.89. The molecule has 0 spiro atoms. The third-order valence-electron chi connectivity index (χ3n) is 2.32. The molecule has 0 aliphatic carbocycles. The zero-order valence-corrected chi connectivity index (χ0v) is 10.3. The predicted molar refractivity (Wildman–Crippen MR) is 62.6 cm³/mol. The molecule has 0 aliphatic heterocycles. The van der Waals surface area contributed by atoms with Gasteiger partial charge in [-0.25, -0.2) is 13.6 Å². The quantitative estimate of drug-likeness (QED) is 0.819. The van der Waals surface area contributed by atoms with Gasteiger partial charge in [0.25, 0.3) is 10.0 Å². The third-order valence-corrected chi connectivity index (χ3v) is 3.08. The number of sulfonamides is 1. The van der Waals surface area contributed by atoms with Crippen LogP contribution in [-0.2, 0) is 15.6 Å². The largest absolute Gasteiger partial charge is 0.443 e. The van der Waals surface area contributed by atoms with E-state index in [0.717, 1.165) is 0 Å². The second-order valence-electron chi connectivity index (χ2n) is 4.44.